The molecule has 0 atom stereocenters. The first-order valence-electron chi connectivity index (χ1n) is 8.64. The Bertz CT molecular complexity index is 661. The number of benzene rings is 2. The van der Waals surface area contributed by atoms with E-state index in [1.54, 1.807) is 0 Å². The summed E-state index contributed by atoms with van der Waals surface area (Å²) in [7, 11) is 3.96. The van der Waals surface area contributed by atoms with E-state index >= 15 is 0 Å². The highest BCUT2D eigenvalue weighted by Gasteiger charge is 2.29. The zero-order valence-corrected chi connectivity index (χ0v) is 14.5. The molecule has 0 bridgehead atoms. The van der Waals surface area contributed by atoms with Crippen molar-refractivity contribution < 1.29 is 9.53 Å². The molecule has 0 spiro atoms. The maximum atomic E-state index is 12.9. The number of fused-ring (bicyclic) bond motifs is 2. The lowest BCUT2D eigenvalue weighted by atomic mass is 9.81. The fraction of sp³-hybridized carbons (Fsp3) is 0.381. The van der Waals surface area contributed by atoms with Crippen molar-refractivity contribution in [1.29, 1.82) is 0 Å². The smallest absolute Gasteiger partial charge is 0.317 e. The number of ether oxygens (including phenoxy) is 1. The number of esters is 1. The number of hydrogen-bond acceptors (Lipinski definition) is 3. The molecule has 0 aromatic heterocycles. The van der Waals surface area contributed by atoms with Crippen molar-refractivity contribution in [3.05, 3.63) is 70.8 Å². The van der Waals surface area contributed by atoms with Gasteiger partial charge in [-0.25, -0.2) is 0 Å². The van der Waals surface area contributed by atoms with Gasteiger partial charge in [-0.15, -0.1) is 0 Å². The van der Waals surface area contributed by atoms with E-state index < -0.39 is 0 Å². The second-order valence-corrected chi connectivity index (χ2v) is 6.65. The van der Waals surface area contributed by atoms with Gasteiger partial charge < -0.3 is 9.64 Å². The van der Waals surface area contributed by atoms with E-state index in [9.17, 15) is 4.79 Å². The average Bonchev–Trinajstić information content (AvgIpc) is 2.55. The van der Waals surface area contributed by atoms with Crippen LogP contribution in [0, 0.1) is 0 Å². The van der Waals surface area contributed by atoms with E-state index in [1.807, 2.05) is 31.1 Å². The van der Waals surface area contributed by atoms with Gasteiger partial charge in [-0.1, -0.05) is 48.5 Å². The Morgan fingerprint density at radius 3 is 2.08 bits per heavy atom. The molecule has 0 fully saturated rings. The maximum Gasteiger partial charge on any atom is 0.317 e. The van der Waals surface area contributed by atoms with Gasteiger partial charge in [0.25, 0.3) is 0 Å². The third-order valence-electron chi connectivity index (χ3n) is 4.64. The molecule has 1 aliphatic rings. The van der Waals surface area contributed by atoms with Crippen LogP contribution in [0.3, 0.4) is 0 Å². The van der Waals surface area contributed by atoms with Crippen LogP contribution in [-0.2, 0) is 22.4 Å². The lowest BCUT2D eigenvalue weighted by molar-refractivity contribution is -0.144. The second kappa shape index (κ2) is 7.63. The van der Waals surface area contributed by atoms with Crippen LogP contribution in [0.4, 0.5) is 0 Å². The summed E-state index contributed by atoms with van der Waals surface area (Å²) in [6.45, 7) is 1.16. The molecule has 0 unspecified atom stereocenters. The number of hydrogen-bond donors (Lipinski definition) is 0. The van der Waals surface area contributed by atoms with Crippen LogP contribution in [0.1, 0.15) is 34.6 Å². The van der Waals surface area contributed by atoms with E-state index in [0.29, 0.717) is 6.61 Å². The summed E-state index contributed by atoms with van der Waals surface area (Å²) >= 11 is 0. The van der Waals surface area contributed by atoms with E-state index in [0.717, 1.165) is 36.9 Å². The molecule has 1 aliphatic carbocycles. The lowest BCUT2D eigenvalue weighted by Crippen LogP contribution is -2.25. The summed E-state index contributed by atoms with van der Waals surface area (Å²) < 4.78 is 5.62. The summed E-state index contributed by atoms with van der Waals surface area (Å²) in [6.07, 6.45) is 3.12. The molecule has 3 nitrogen and oxygen atoms in total. The summed E-state index contributed by atoms with van der Waals surface area (Å²) in [5.41, 5.74) is 4.72. The van der Waals surface area contributed by atoms with E-state index in [1.165, 1.54) is 11.1 Å². The highest BCUT2D eigenvalue weighted by atomic mass is 16.5. The first-order valence-corrected chi connectivity index (χ1v) is 8.64. The standard InChI is InChI=1S/C21H25NO2/c1-22(2)14-15-24-21(23)20-18-12-5-3-8-16(18)10-7-11-17-9-4-6-13-19(17)20/h3-6,8-9,12-13,20H,7,10-11,14-15H2,1-2H3. The van der Waals surface area contributed by atoms with Gasteiger partial charge in [0, 0.05) is 6.54 Å². The molecule has 2 aromatic rings. The third-order valence-corrected chi connectivity index (χ3v) is 4.64. The first kappa shape index (κ1) is 16.7. The Kier molecular flexibility index (Phi) is 5.31. The summed E-state index contributed by atoms with van der Waals surface area (Å²) in [5, 5.41) is 0. The molecule has 0 heterocycles. The molecule has 2 aromatic carbocycles. The highest BCUT2D eigenvalue weighted by molar-refractivity contribution is 5.83. The normalized spacial score (nSPS) is 14.5. The van der Waals surface area contributed by atoms with Crippen LogP contribution in [0.2, 0.25) is 0 Å². The minimum atomic E-state index is -0.320. The highest BCUT2D eigenvalue weighted by Crippen LogP contribution is 2.34. The van der Waals surface area contributed by atoms with Gasteiger partial charge in [-0.3, -0.25) is 4.79 Å². The summed E-state index contributed by atoms with van der Waals surface area (Å²) in [6, 6.07) is 16.6. The minimum absolute atomic E-state index is 0.140. The molecule has 0 saturated heterocycles. The topological polar surface area (TPSA) is 29.5 Å². The summed E-state index contributed by atoms with van der Waals surface area (Å²) in [5.74, 6) is -0.460. The zero-order valence-electron chi connectivity index (χ0n) is 14.5. The van der Waals surface area contributed by atoms with Gasteiger partial charge >= 0.3 is 5.97 Å². The van der Waals surface area contributed by atoms with Gasteiger partial charge in [0.15, 0.2) is 0 Å². The molecule has 0 N–H and O–H groups in total. The Morgan fingerprint density at radius 1 is 1.00 bits per heavy atom. The van der Waals surface area contributed by atoms with Crippen LogP contribution in [0.15, 0.2) is 48.5 Å². The summed E-state index contributed by atoms with van der Waals surface area (Å²) in [4.78, 5) is 15.0. The van der Waals surface area contributed by atoms with Crippen molar-refractivity contribution in [3.8, 4) is 0 Å². The number of rotatable bonds is 4. The lowest BCUT2D eigenvalue weighted by Gasteiger charge is -2.25. The molecule has 0 radical (unpaired) electrons. The van der Waals surface area contributed by atoms with Crippen LogP contribution in [0.25, 0.3) is 0 Å². The molecule has 3 heteroatoms. The minimum Gasteiger partial charge on any atom is -0.464 e. The third kappa shape index (κ3) is 3.68. The van der Waals surface area contributed by atoms with Crippen LogP contribution >= 0.6 is 0 Å². The molecule has 0 aliphatic heterocycles. The van der Waals surface area contributed by atoms with Crippen molar-refractivity contribution in [2.45, 2.75) is 25.2 Å². The van der Waals surface area contributed by atoms with E-state index in [-0.39, 0.29) is 11.9 Å². The Balaban J connectivity index is 1.97. The fourth-order valence-corrected chi connectivity index (χ4v) is 3.39. The Morgan fingerprint density at radius 2 is 1.54 bits per heavy atom. The van der Waals surface area contributed by atoms with Crippen molar-refractivity contribution >= 4 is 5.97 Å². The fourth-order valence-electron chi connectivity index (χ4n) is 3.39. The number of likely N-dealkylation sites (N-methyl/N-ethyl adjacent to an activating group) is 1. The maximum absolute atomic E-state index is 12.9. The number of carbonyl (C=O) groups excluding carboxylic acids is 1. The van der Waals surface area contributed by atoms with Gasteiger partial charge in [-0.05, 0) is 55.6 Å². The first-order chi connectivity index (χ1) is 11.7. The van der Waals surface area contributed by atoms with Crippen molar-refractivity contribution in [2.75, 3.05) is 27.2 Å². The molecular formula is C21H25NO2. The van der Waals surface area contributed by atoms with Crippen molar-refractivity contribution in [1.82, 2.24) is 4.90 Å². The molecule has 0 amide bonds. The second-order valence-electron chi connectivity index (χ2n) is 6.65. The van der Waals surface area contributed by atoms with Gasteiger partial charge in [0.1, 0.15) is 12.5 Å². The average molecular weight is 323 g/mol. The quantitative estimate of drug-likeness (QED) is 0.808. The van der Waals surface area contributed by atoms with Crippen molar-refractivity contribution in [2.24, 2.45) is 0 Å². The largest absolute Gasteiger partial charge is 0.464 e. The van der Waals surface area contributed by atoms with Crippen LogP contribution in [0.5, 0.6) is 0 Å². The molecule has 3 rings (SSSR count). The number of aryl methyl sites for hydroxylation is 2. The predicted molar refractivity (Wildman–Crippen MR) is 96.3 cm³/mol. The monoisotopic (exact) mass is 323 g/mol. The predicted octanol–water partition coefficient (Wildman–Crippen LogP) is 3.41. The number of nitrogens with zero attached hydrogens (tertiary/aromatic N) is 1. The number of carbonyl (C=O) groups is 1. The SMILES string of the molecule is CN(C)CCOC(=O)C1c2ccccc2CCCc2ccccc21. The van der Waals surface area contributed by atoms with E-state index in [4.69, 9.17) is 4.74 Å². The molecule has 24 heavy (non-hydrogen) atoms. The Labute approximate surface area is 144 Å². The van der Waals surface area contributed by atoms with Gasteiger partial charge in [0.05, 0.1) is 0 Å². The van der Waals surface area contributed by atoms with Crippen molar-refractivity contribution in [3.63, 3.8) is 0 Å². The molecule has 126 valence electrons. The van der Waals surface area contributed by atoms with Gasteiger partial charge in [-0.2, -0.15) is 0 Å². The molecular weight excluding hydrogens is 298 g/mol. The zero-order chi connectivity index (χ0) is 16.9. The van der Waals surface area contributed by atoms with Crippen LogP contribution < -0.4 is 0 Å². The van der Waals surface area contributed by atoms with Crippen LogP contribution in [-0.4, -0.2) is 38.1 Å². The molecule has 0 saturated carbocycles. The van der Waals surface area contributed by atoms with E-state index in [2.05, 4.69) is 36.4 Å². The Hall–Kier alpha value is -2.13. The van der Waals surface area contributed by atoms with Gasteiger partial charge in [0.2, 0.25) is 0 Å².